The number of benzene rings is 1. The number of carbonyl (C=O) groups excluding carboxylic acids is 3. The van der Waals surface area contributed by atoms with E-state index < -0.39 is 72.6 Å². The van der Waals surface area contributed by atoms with Gasteiger partial charge in [-0.15, -0.1) is 0 Å². The maximum atomic E-state index is 13.1. The van der Waals surface area contributed by atoms with E-state index in [1.54, 1.807) is 37.3 Å². The number of carboxylic acids is 3. The summed E-state index contributed by atoms with van der Waals surface area (Å²) in [5.41, 5.74) is 6.62. The molecule has 198 valence electrons. The molecule has 8 N–H and O–H groups in total. The van der Waals surface area contributed by atoms with E-state index in [4.69, 9.17) is 15.9 Å². The number of aliphatic carboxylic acids is 3. The molecule has 0 radical (unpaired) electrons. The van der Waals surface area contributed by atoms with Gasteiger partial charge < -0.3 is 37.0 Å². The summed E-state index contributed by atoms with van der Waals surface area (Å²) >= 11 is 0. The molecule has 0 heterocycles. The highest BCUT2D eigenvalue weighted by atomic mass is 16.4. The zero-order valence-electron chi connectivity index (χ0n) is 20.0. The highest BCUT2D eigenvalue weighted by Crippen LogP contribution is 2.09. The van der Waals surface area contributed by atoms with Crippen molar-refractivity contribution in [2.24, 2.45) is 11.7 Å². The number of rotatable bonds is 15. The van der Waals surface area contributed by atoms with Gasteiger partial charge in [-0.05, 0) is 11.5 Å². The molecule has 1 aromatic rings. The standard InChI is InChI=1S/C23H32N4O9/c1-3-12(2)19(24)22(34)26-14(9-13-7-5-4-6-8-13)20(32)25-15(10-17(28)29)21(33)27-16(23(35)36)11-18(30)31/h4-8,12,14-16,19H,3,9-11,24H2,1-2H3,(H,25,32)(H,26,34)(H,27,33)(H,28,29)(H,30,31)(H,35,36). The van der Waals surface area contributed by atoms with Gasteiger partial charge in [0.25, 0.3) is 0 Å². The highest BCUT2D eigenvalue weighted by Gasteiger charge is 2.32. The van der Waals surface area contributed by atoms with Crippen LogP contribution in [0.25, 0.3) is 0 Å². The number of carboxylic acid groups (broad SMARTS) is 3. The zero-order chi connectivity index (χ0) is 27.4. The number of nitrogens with one attached hydrogen (secondary N) is 3. The molecule has 0 fully saturated rings. The lowest BCUT2D eigenvalue weighted by atomic mass is 9.98. The van der Waals surface area contributed by atoms with Gasteiger partial charge >= 0.3 is 17.9 Å². The van der Waals surface area contributed by atoms with E-state index in [0.29, 0.717) is 12.0 Å². The summed E-state index contributed by atoms with van der Waals surface area (Å²) in [5, 5.41) is 33.9. The second kappa shape index (κ2) is 14.4. The molecule has 0 bridgehead atoms. The molecular weight excluding hydrogens is 476 g/mol. The average molecular weight is 509 g/mol. The van der Waals surface area contributed by atoms with Gasteiger partial charge in [0.1, 0.15) is 18.1 Å². The molecule has 0 aliphatic heterocycles. The smallest absolute Gasteiger partial charge is 0.326 e. The summed E-state index contributed by atoms with van der Waals surface area (Å²) in [5.74, 6) is -7.58. The van der Waals surface area contributed by atoms with Crippen LogP contribution in [0, 0.1) is 5.92 Å². The second-order valence-electron chi connectivity index (χ2n) is 8.32. The third-order valence-corrected chi connectivity index (χ3v) is 5.48. The normalized spacial score (nSPS) is 14.9. The Kier molecular flexibility index (Phi) is 12.0. The Bertz CT molecular complexity index is 954. The second-order valence-corrected chi connectivity index (χ2v) is 8.32. The molecule has 5 unspecified atom stereocenters. The van der Waals surface area contributed by atoms with Crippen molar-refractivity contribution in [3.8, 4) is 0 Å². The van der Waals surface area contributed by atoms with Crippen LogP contribution in [-0.2, 0) is 35.2 Å². The van der Waals surface area contributed by atoms with Crippen LogP contribution in [0.2, 0.25) is 0 Å². The van der Waals surface area contributed by atoms with Gasteiger partial charge in [-0.1, -0.05) is 50.6 Å². The van der Waals surface area contributed by atoms with Crippen LogP contribution < -0.4 is 21.7 Å². The van der Waals surface area contributed by atoms with E-state index in [0.717, 1.165) is 0 Å². The van der Waals surface area contributed by atoms with Crippen LogP contribution in [0.5, 0.6) is 0 Å². The van der Waals surface area contributed by atoms with Crippen molar-refractivity contribution in [2.75, 3.05) is 0 Å². The molecule has 0 aliphatic rings. The molecule has 13 nitrogen and oxygen atoms in total. The summed E-state index contributed by atoms with van der Waals surface area (Å²) in [4.78, 5) is 71.8. The molecule has 13 heteroatoms. The number of carbonyl (C=O) groups is 6. The van der Waals surface area contributed by atoms with Crippen molar-refractivity contribution in [3.05, 3.63) is 35.9 Å². The Morgan fingerprint density at radius 1 is 0.778 bits per heavy atom. The molecule has 0 saturated carbocycles. The largest absolute Gasteiger partial charge is 0.481 e. The lowest BCUT2D eigenvalue weighted by molar-refractivity contribution is -0.148. The van der Waals surface area contributed by atoms with Crippen molar-refractivity contribution in [3.63, 3.8) is 0 Å². The van der Waals surface area contributed by atoms with Crippen LogP contribution >= 0.6 is 0 Å². The lowest BCUT2D eigenvalue weighted by Gasteiger charge is -2.25. The van der Waals surface area contributed by atoms with E-state index in [-0.39, 0.29) is 12.3 Å². The molecule has 0 aromatic heterocycles. The monoisotopic (exact) mass is 508 g/mol. The van der Waals surface area contributed by atoms with Gasteiger partial charge in [0.05, 0.1) is 18.9 Å². The van der Waals surface area contributed by atoms with Gasteiger partial charge in [-0.2, -0.15) is 0 Å². The Morgan fingerprint density at radius 2 is 1.25 bits per heavy atom. The average Bonchev–Trinajstić information content (AvgIpc) is 2.81. The molecular formula is C23H32N4O9. The van der Waals surface area contributed by atoms with Gasteiger partial charge in [0, 0.05) is 6.42 Å². The van der Waals surface area contributed by atoms with E-state index in [2.05, 4.69) is 10.6 Å². The van der Waals surface area contributed by atoms with Crippen molar-refractivity contribution in [1.82, 2.24) is 16.0 Å². The fourth-order valence-electron chi connectivity index (χ4n) is 3.14. The molecule has 1 aromatic carbocycles. The molecule has 0 aliphatic carbocycles. The van der Waals surface area contributed by atoms with E-state index in [9.17, 15) is 33.9 Å². The van der Waals surface area contributed by atoms with Crippen molar-refractivity contribution < 1.29 is 44.1 Å². The van der Waals surface area contributed by atoms with Crippen molar-refractivity contribution in [2.45, 2.75) is 63.7 Å². The molecule has 5 atom stereocenters. The molecule has 36 heavy (non-hydrogen) atoms. The third-order valence-electron chi connectivity index (χ3n) is 5.48. The van der Waals surface area contributed by atoms with Crippen LogP contribution in [-0.4, -0.2) is 75.1 Å². The maximum Gasteiger partial charge on any atom is 0.326 e. The first-order valence-corrected chi connectivity index (χ1v) is 11.2. The first-order chi connectivity index (χ1) is 16.8. The summed E-state index contributed by atoms with van der Waals surface area (Å²) in [6.07, 6.45) is -1.29. The zero-order valence-corrected chi connectivity index (χ0v) is 20.0. The summed E-state index contributed by atoms with van der Waals surface area (Å²) < 4.78 is 0. The maximum absolute atomic E-state index is 13.1. The fourth-order valence-corrected chi connectivity index (χ4v) is 3.14. The SMILES string of the molecule is CCC(C)C(N)C(=O)NC(Cc1ccccc1)C(=O)NC(CC(=O)O)C(=O)NC(CC(=O)O)C(=O)O. The predicted molar refractivity (Wildman–Crippen MR) is 126 cm³/mol. The number of amides is 3. The molecule has 1 rings (SSSR count). The molecule has 0 saturated heterocycles. The number of hydrogen-bond donors (Lipinski definition) is 7. The number of nitrogens with two attached hydrogens (primary N) is 1. The first kappa shape index (κ1) is 30.0. The van der Waals surface area contributed by atoms with E-state index in [1.165, 1.54) is 0 Å². The van der Waals surface area contributed by atoms with Crippen LogP contribution in [0.4, 0.5) is 0 Å². The molecule has 0 spiro atoms. The topological polar surface area (TPSA) is 225 Å². The quantitative estimate of drug-likeness (QED) is 0.154. The number of hydrogen-bond acceptors (Lipinski definition) is 7. The highest BCUT2D eigenvalue weighted by molar-refractivity contribution is 5.96. The Morgan fingerprint density at radius 3 is 1.75 bits per heavy atom. The third kappa shape index (κ3) is 10.1. The minimum atomic E-state index is -1.85. The van der Waals surface area contributed by atoms with Gasteiger partial charge in [-0.25, -0.2) is 4.79 Å². The van der Waals surface area contributed by atoms with Crippen LogP contribution in [0.1, 0.15) is 38.7 Å². The minimum Gasteiger partial charge on any atom is -0.481 e. The molecule has 3 amide bonds. The van der Waals surface area contributed by atoms with Crippen LogP contribution in [0.3, 0.4) is 0 Å². The van der Waals surface area contributed by atoms with Gasteiger partial charge in [0.2, 0.25) is 17.7 Å². The van der Waals surface area contributed by atoms with E-state index >= 15 is 0 Å². The van der Waals surface area contributed by atoms with Crippen molar-refractivity contribution >= 4 is 35.6 Å². The Balaban J connectivity index is 3.14. The lowest BCUT2D eigenvalue weighted by Crippen LogP contribution is -2.58. The van der Waals surface area contributed by atoms with E-state index in [1.807, 2.05) is 12.2 Å². The Labute approximate surface area is 207 Å². The predicted octanol–water partition coefficient (Wildman–Crippen LogP) is -0.909. The van der Waals surface area contributed by atoms with Gasteiger partial charge in [-0.3, -0.25) is 24.0 Å². The van der Waals surface area contributed by atoms with Gasteiger partial charge in [0.15, 0.2) is 0 Å². The minimum absolute atomic E-state index is 0.0101. The van der Waals surface area contributed by atoms with Crippen LogP contribution in [0.15, 0.2) is 30.3 Å². The Hall–Kier alpha value is -4.00. The summed E-state index contributed by atoms with van der Waals surface area (Å²) in [7, 11) is 0. The first-order valence-electron chi connectivity index (χ1n) is 11.2. The van der Waals surface area contributed by atoms with Crippen molar-refractivity contribution in [1.29, 1.82) is 0 Å². The fraction of sp³-hybridized carbons (Fsp3) is 0.478. The summed E-state index contributed by atoms with van der Waals surface area (Å²) in [6.45, 7) is 3.61. The summed E-state index contributed by atoms with van der Waals surface area (Å²) in [6, 6.07) is 2.82.